The molecule has 3 N–H and O–H groups in total. The van der Waals surface area contributed by atoms with E-state index >= 15 is 0 Å². The quantitative estimate of drug-likeness (QED) is 0.661. The summed E-state index contributed by atoms with van der Waals surface area (Å²) in [4.78, 5) is 10.3. The molecule has 0 aliphatic rings. The molecule has 0 aromatic carbocycles. The van der Waals surface area contributed by atoms with Crippen LogP contribution in [-0.4, -0.2) is 17.7 Å². The Hall–Kier alpha value is -0.780. The van der Waals surface area contributed by atoms with Crippen molar-refractivity contribution in [1.82, 2.24) is 0 Å². The van der Waals surface area contributed by atoms with Gasteiger partial charge < -0.3 is 15.6 Å². The average Bonchev–Trinajstić information content (AvgIpc) is 1.97. The van der Waals surface area contributed by atoms with E-state index in [0.29, 0.717) is 6.42 Å². The van der Waals surface area contributed by atoms with Gasteiger partial charge in [0.2, 0.25) is 5.54 Å². The second kappa shape index (κ2) is 3.95. The van der Waals surface area contributed by atoms with Gasteiger partial charge in [0.1, 0.15) is 5.97 Å². The first-order valence-corrected chi connectivity index (χ1v) is 3.89. The zero-order valence-corrected chi connectivity index (χ0v) is 7.28. The maximum Gasteiger partial charge on any atom is 0.450 e. The third-order valence-electron chi connectivity index (χ3n) is 1.89. The minimum Gasteiger partial charge on any atom is -0.543 e. The zero-order valence-electron chi connectivity index (χ0n) is 7.28. The molecule has 0 aliphatic heterocycles. The van der Waals surface area contributed by atoms with Crippen molar-refractivity contribution in [3.8, 4) is 0 Å². The molecule has 0 unspecified atom stereocenters. The van der Waals surface area contributed by atoms with Crippen molar-refractivity contribution in [3.63, 3.8) is 0 Å². The summed E-state index contributed by atoms with van der Waals surface area (Å²) < 4.78 is 36.6. The van der Waals surface area contributed by atoms with Gasteiger partial charge in [-0.15, -0.1) is 0 Å². The molecule has 1 atom stereocenters. The maximum atomic E-state index is 12.2. The van der Waals surface area contributed by atoms with E-state index in [4.69, 9.17) is 0 Å². The summed E-state index contributed by atoms with van der Waals surface area (Å²) in [6, 6.07) is 0. The van der Waals surface area contributed by atoms with Gasteiger partial charge in [-0.3, -0.25) is 0 Å². The first-order valence-electron chi connectivity index (χ1n) is 3.89. The van der Waals surface area contributed by atoms with E-state index in [0.717, 1.165) is 0 Å². The standard InChI is InChI=1S/C7H12F3NO2/c1-2-3-4-6(11,5(12)13)7(8,9)10/h2-4,11H2,1H3,(H,12,13)/t6-/m0/s1. The Morgan fingerprint density at radius 3 is 2.15 bits per heavy atom. The van der Waals surface area contributed by atoms with Crippen LogP contribution in [0.15, 0.2) is 0 Å². The minimum atomic E-state index is -4.85. The molecule has 0 heterocycles. The number of carbonyl (C=O) groups excluding carboxylic acids is 1. The molecule has 6 heteroatoms. The molecular weight excluding hydrogens is 187 g/mol. The Bertz CT molecular complexity index is 193. The van der Waals surface area contributed by atoms with E-state index in [1.807, 2.05) is 0 Å². The van der Waals surface area contributed by atoms with Gasteiger partial charge in [-0.1, -0.05) is 13.3 Å². The predicted molar refractivity (Wildman–Crippen MR) is 36.2 cm³/mol. The van der Waals surface area contributed by atoms with Gasteiger partial charge in [0, 0.05) is 6.42 Å². The second-order valence-electron chi connectivity index (χ2n) is 2.97. The fourth-order valence-electron chi connectivity index (χ4n) is 0.838. The van der Waals surface area contributed by atoms with E-state index in [-0.39, 0.29) is 6.42 Å². The molecule has 0 bridgehead atoms. The lowest BCUT2D eigenvalue weighted by molar-refractivity contribution is -0.540. The van der Waals surface area contributed by atoms with Gasteiger partial charge in [-0.05, 0) is 6.42 Å². The summed E-state index contributed by atoms with van der Waals surface area (Å²) in [6.07, 6.45) is -4.73. The summed E-state index contributed by atoms with van der Waals surface area (Å²) in [7, 11) is 0. The molecule has 0 spiro atoms. The third kappa shape index (κ3) is 2.58. The normalized spacial score (nSPS) is 16.7. The van der Waals surface area contributed by atoms with Crippen molar-refractivity contribution in [2.24, 2.45) is 0 Å². The summed E-state index contributed by atoms with van der Waals surface area (Å²) >= 11 is 0. The highest BCUT2D eigenvalue weighted by Gasteiger charge is 2.56. The Kier molecular flexibility index (Phi) is 3.71. The van der Waals surface area contributed by atoms with Crippen LogP contribution in [0.5, 0.6) is 0 Å². The van der Waals surface area contributed by atoms with Crippen molar-refractivity contribution in [2.45, 2.75) is 37.9 Å². The largest absolute Gasteiger partial charge is 0.543 e. The SMILES string of the molecule is CCCC[C@]([NH3+])(C(=O)[O-])C(F)(F)F. The van der Waals surface area contributed by atoms with Crippen LogP contribution in [-0.2, 0) is 4.79 Å². The van der Waals surface area contributed by atoms with Crippen LogP contribution in [0.2, 0.25) is 0 Å². The Balaban J connectivity index is 4.64. The number of halogens is 3. The number of hydrogen-bond acceptors (Lipinski definition) is 2. The van der Waals surface area contributed by atoms with E-state index < -0.39 is 24.1 Å². The topological polar surface area (TPSA) is 67.8 Å². The predicted octanol–water partition coefficient (Wildman–Crippen LogP) is -0.530. The molecule has 0 amide bonds. The molecule has 0 aromatic rings. The van der Waals surface area contributed by atoms with Crippen molar-refractivity contribution < 1.29 is 28.8 Å². The van der Waals surface area contributed by atoms with E-state index in [9.17, 15) is 23.1 Å². The summed E-state index contributed by atoms with van der Waals surface area (Å²) in [5.41, 5.74) is -0.265. The molecule has 3 nitrogen and oxygen atoms in total. The van der Waals surface area contributed by atoms with Gasteiger partial charge in [0.15, 0.2) is 0 Å². The van der Waals surface area contributed by atoms with E-state index in [1.54, 1.807) is 6.92 Å². The van der Waals surface area contributed by atoms with Crippen molar-refractivity contribution in [2.75, 3.05) is 0 Å². The zero-order chi connectivity index (χ0) is 10.7. The number of rotatable bonds is 4. The van der Waals surface area contributed by atoms with E-state index in [2.05, 4.69) is 5.73 Å². The molecule has 0 saturated carbocycles. The number of unbranched alkanes of at least 4 members (excludes halogenated alkanes) is 1. The molecular formula is C7H12F3NO2. The molecule has 0 rings (SSSR count). The highest BCUT2D eigenvalue weighted by Crippen LogP contribution is 2.30. The number of carbonyl (C=O) groups is 1. The van der Waals surface area contributed by atoms with Crippen LogP contribution >= 0.6 is 0 Å². The first kappa shape index (κ1) is 12.2. The molecule has 0 aromatic heterocycles. The van der Waals surface area contributed by atoms with Crippen LogP contribution in [0.1, 0.15) is 26.2 Å². The monoisotopic (exact) mass is 199 g/mol. The number of aliphatic carboxylic acids is 1. The van der Waals surface area contributed by atoms with Gasteiger partial charge in [-0.25, -0.2) is 0 Å². The minimum absolute atomic E-state index is 0.164. The number of quaternary nitrogens is 1. The van der Waals surface area contributed by atoms with Crippen molar-refractivity contribution >= 4 is 5.97 Å². The van der Waals surface area contributed by atoms with Crippen LogP contribution in [0.4, 0.5) is 13.2 Å². The van der Waals surface area contributed by atoms with Gasteiger partial charge in [-0.2, -0.15) is 13.2 Å². The highest BCUT2D eigenvalue weighted by atomic mass is 19.4. The Morgan fingerprint density at radius 1 is 1.46 bits per heavy atom. The molecule has 0 aliphatic carbocycles. The Labute approximate surface area is 73.7 Å². The molecule has 0 fully saturated rings. The lowest BCUT2D eigenvalue weighted by Crippen LogP contribution is -2.85. The number of carboxylic acid groups (broad SMARTS) is 1. The molecule has 0 saturated heterocycles. The first-order chi connectivity index (χ1) is 5.75. The molecule has 78 valence electrons. The lowest BCUT2D eigenvalue weighted by Gasteiger charge is -2.28. The van der Waals surface area contributed by atoms with Crippen LogP contribution in [0.25, 0.3) is 0 Å². The fourth-order valence-corrected chi connectivity index (χ4v) is 0.838. The number of alkyl halides is 3. The van der Waals surface area contributed by atoms with Crippen LogP contribution < -0.4 is 10.8 Å². The molecule has 0 radical (unpaired) electrons. The van der Waals surface area contributed by atoms with Gasteiger partial charge >= 0.3 is 6.18 Å². The lowest BCUT2D eigenvalue weighted by atomic mass is 9.93. The summed E-state index contributed by atoms with van der Waals surface area (Å²) in [5, 5.41) is 10.3. The average molecular weight is 199 g/mol. The number of carboxylic acids is 1. The van der Waals surface area contributed by atoms with Crippen molar-refractivity contribution in [1.29, 1.82) is 0 Å². The Morgan fingerprint density at radius 2 is 1.92 bits per heavy atom. The second-order valence-corrected chi connectivity index (χ2v) is 2.97. The highest BCUT2D eigenvalue weighted by molar-refractivity contribution is 5.75. The molecule has 13 heavy (non-hydrogen) atoms. The number of hydrogen-bond donors (Lipinski definition) is 1. The van der Waals surface area contributed by atoms with Gasteiger partial charge in [0.25, 0.3) is 0 Å². The maximum absolute atomic E-state index is 12.2. The third-order valence-corrected chi connectivity index (χ3v) is 1.89. The fraction of sp³-hybridized carbons (Fsp3) is 0.857. The van der Waals surface area contributed by atoms with Crippen LogP contribution in [0.3, 0.4) is 0 Å². The van der Waals surface area contributed by atoms with Crippen molar-refractivity contribution in [3.05, 3.63) is 0 Å². The van der Waals surface area contributed by atoms with Crippen LogP contribution in [0, 0.1) is 0 Å². The van der Waals surface area contributed by atoms with E-state index in [1.165, 1.54) is 0 Å². The smallest absolute Gasteiger partial charge is 0.450 e. The van der Waals surface area contributed by atoms with Gasteiger partial charge in [0.05, 0.1) is 0 Å². The summed E-state index contributed by atoms with van der Waals surface area (Å²) in [5.74, 6) is -2.16. The summed E-state index contributed by atoms with van der Waals surface area (Å²) in [6.45, 7) is 1.67.